The highest BCUT2D eigenvalue weighted by atomic mass is 28.2. The van der Waals surface area contributed by atoms with Crippen LogP contribution >= 0.6 is 0 Å². The lowest BCUT2D eigenvalue weighted by Gasteiger charge is -2.35. The molecule has 0 atom stereocenters. The maximum atomic E-state index is 6.63. The van der Waals surface area contributed by atoms with Gasteiger partial charge in [0.15, 0.2) is 19.0 Å². The van der Waals surface area contributed by atoms with Crippen molar-refractivity contribution in [2.45, 2.75) is 37.5 Å². The van der Waals surface area contributed by atoms with Crippen LogP contribution in [0.2, 0.25) is 0 Å². The van der Waals surface area contributed by atoms with E-state index < -0.39 is 29.9 Å². The van der Waals surface area contributed by atoms with E-state index in [9.17, 15) is 0 Å². The van der Waals surface area contributed by atoms with Gasteiger partial charge < -0.3 is 18.9 Å². The minimum absolute atomic E-state index is 0.721. The number of para-hydroxylation sites is 4. The van der Waals surface area contributed by atoms with Crippen LogP contribution in [0.25, 0.3) is 0 Å². The van der Waals surface area contributed by atoms with E-state index in [1.807, 2.05) is 121 Å². The molecule has 5 aromatic rings. The van der Waals surface area contributed by atoms with Crippen molar-refractivity contribution in [3.05, 3.63) is 146 Å². The van der Waals surface area contributed by atoms with Crippen molar-refractivity contribution >= 4 is 29.4 Å². The highest BCUT2D eigenvalue weighted by molar-refractivity contribution is 6.58. The van der Waals surface area contributed by atoms with E-state index in [0.717, 1.165) is 35.8 Å². The van der Waals surface area contributed by atoms with Gasteiger partial charge in [-0.15, -0.1) is 0 Å². The quantitative estimate of drug-likeness (QED) is 0.123. The normalized spacial score (nSPS) is 12.0. The summed E-state index contributed by atoms with van der Waals surface area (Å²) in [4.78, 5) is 0. The minimum Gasteiger partial charge on any atom is -0.457 e. The molecule has 4 nitrogen and oxygen atoms in total. The highest BCUT2D eigenvalue weighted by Crippen LogP contribution is 2.27. The molecule has 0 aliphatic carbocycles. The molecule has 5 aromatic carbocycles. The van der Waals surface area contributed by atoms with E-state index in [1.165, 1.54) is 10.4 Å². The van der Waals surface area contributed by atoms with Gasteiger partial charge in [-0.25, -0.2) is 0 Å². The van der Waals surface area contributed by atoms with Crippen LogP contribution in [0.4, 0.5) is 0 Å². The van der Waals surface area contributed by atoms with Gasteiger partial charge >= 0.3 is 0 Å². The lowest BCUT2D eigenvalue weighted by Crippen LogP contribution is -2.53. The van der Waals surface area contributed by atoms with Crippen molar-refractivity contribution in [2.75, 3.05) is 0 Å². The molecule has 0 amide bonds. The molecule has 0 heterocycles. The van der Waals surface area contributed by atoms with Gasteiger partial charge in [0.2, 0.25) is 10.8 Å². The van der Waals surface area contributed by atoms with E-state index in [1.54, 1.807) is 0 Å². The Morgan fingerprint density at radius 1 is 0.381 bits per heavy atom. The summed E-state index contributed by atoms with van der Waals surface area (Å²) in [5.41, 5.74) is -1.44. The summed E-state index contributed by atoms with van der Waals surface area (Å²) in [6.45, 7) is 4.27. The summed E-state index contributed by atoms with van der Waals surface area (Å²) in [6.07, 6.45) is 1.46. The molecule has 214 valence electrons. The number of hydrogen-bond acceptors (Lipinski definition) is 4. The van der Waals surface area contributed by atoms with Crippen molar-refractivity contribution in [3.63, 3.8) is 0 Å². The zero-order valence-corrected chi connectivity index (χ0v) is 27.1. The molecule has 42 heavy (non-hydrogen) atoms. The predicted octanol–water partition coefficient (Wildman–Crippen LogP) is 5.72. The van der Waals surface area contributed by atoms with Crippen molar-refractivity contribution in [3.8, 4) is 23.0 Å². The van der Waals surface area contributed by atoms with Gasteiger partial charge in [-0.2, -0.15) is 0 Å². The van der Waals surface area contributed by atoms with Crippen LogP contribution in [0.5, 0.6) is 23.0 Å². The molecule has 0 bridgehead atoms. The Labute approximate surface area is 253 Å². The van der Waals surface area contributed by atoms with Gasteiger partial charge in [0.1, 0.15) is 23.0 Å². The zero-order valence-electron chi connectivity index (χ0n) is 24.3. The number of hydrogen-bond donors (Lipinski definition) is 0. The van der Waals surface area contributed by atoms with Crippen LogP contribution < -0.4 is 29.3 Å². The van der Waals surface area contributed by atoms with Gasteiger partial charge in [0.25, 0.3) is 0 Å². The smallest absolute Gasteiger partial charge is 0.226 e. The second-order valence-corrected chi connectivity index (χ2v) is 14.9. The second-order valence-electron chi connectivity index (χ2n) is 10.4. The van der Waals surface area contributed by atoms with E-state index in [0.29, 0.717) is 0 Å². The van der Waals surface area contributed by atoms with Gasteiger partial charge in [-0.1, -0.05) is 121 Å². The molecule has 5 rings (SSSR count). The summed E-state index contributed by atoms with van der Waals surface area (Å²) < 4.78 is 26.5. The first-order chi connectivity index (χ1) is 20.6. The summed E-state index contributed by atoms with van der Waals surface area (Å²) in [7, 11) is -2.08. The maximum Gasteiger partial charge on any atom is 0.226 e. The summed E-state index contributed by atoms with van der Waals surface area (Å²) >= 11 is 0. The van der Waals surface area contributed by atoms with Crippen molar-refractivity contribution < 1.29 is 18.9 Å². The Kier molecular flexibility index (Phi) is 9.79. The SMILES string of the molecule is CCC(Oc1ccccc1)(Oc1ccccc1)[SiH2]c1ccc([SiH2]C(CC)(Oc2ccccc2)Oc2ccccc2)cc1. The van der Waals surface area contributed by atoms with Crippen LogP contribution in [0, 0.1) is 0 Å². The number of benzene rings is 5. The van der Waals surface area contributed by atoms with Crippen LogP contribution in [0.15, 0.2) is 146 Å². The first-order valence-corrected chi connectivity index (χ1v) is 17.5. The van der Waals surface area contributed by atoms with Crippen molar-refractivity contribution in [2.24, 2.45) is 0 Å². The van der Waals surface area contributed by atoms with E-state index >= 15 is 0 Å². The molecular weight excluding hydrogens is 553 g/mol. The van der Waals surface area contributed by atoms with Crippen molar-refractivity contribution in [1.29, 1.82) is 0 Å². The lowest BCUT2D eigenvalue weighted by atomic mass is 10.3. The third-order valence-electron chi connectivity index (χ3n) is 7.24. The Bertz CT molecular complexity index is 1280. The van der Waals surface area contributed by atoms with Crippen LogP contribution in [0.3, 0.4) is 0 Å². The van der Waals surface area contributed by atoms with Gasteiger partial charge in [0.05, 0.1) is 0 Å². The molecular formula is C36H38O4Si2. The fourth-order valence-electron chi connectivity index (χ4n) is 4.93. The lowest BCUT2D eigenvalue weighted by molar-refractivity contribution is -0.0435. The van der Waals surface area contributed by atoms with Gasteiger partial charge in [-0.05, 0) is 48.5 Å². The monoisotopic (exact) mass is 590 g/mol. The largest absolute Gasteiger partial charge is 0.457 e. The molecule has 0 radical (unpaired) electrons. The first kappa shape index (κ1) is 29.2. The van der Waals surface area contributed by atoms with E-state index in [-0.39, 0.29) is 0 Å². The average molecular weight is 591 g/mol. The fourth-order valence-corrected chi connectivity index (χ4v) is 8.58. The molecule has 0 aromatic heterocycles. The summed E-state index contributed by atoms with van der Waals surface area (Å²) in [5, 5.41) is 2.55. The molecule has 0 spiro atoms. The Hall–Kier alpha value is -4.27. The topological polar surface area (TPSA) is 36.9 Å². The molecule has 0 aliphatic rings. The maximum absolute atomic E-state index is 6.63. The van der Waals surface area contributed by atoms with Crippen LogP contribution in [-0.4, -0.2) is 29.9 Å². The second kappa shape index (κ2) is 14.1. The Balaban J connectivity index is 1.39. The number of rotatable bonds is 14. The molecule has 0 saturated heterocycles. The first-order valence-electron chi connectivity index (χ1n) is 14.6. The van der Waals surface area contributed by atoms with Gasteiger partial charge in [-0.3, -0.25) is 0 Å². The van der Waals surface area contributed by atoms with Crippen LogP contribution in [0.1, 0.15) is 26.7 Å². The fraction of sp³-hybridized carbons (Fsp3) is 0.167. The third kappa shape index (κ3) is 7.93. The summed E-state index contributed by atoms with van der Waals surface area (Å²) in [6, 6.07) is 48.9. The minimum atomic E-state index is -1.04. The van der Waals surface area contributed by atoms with Gasteiger partial charge in [0, 0.05) is 12.8 Å². The highest BCUT2D eigenvalue weighted by Gasteiger charge is 2.36. The molecule has 6 heteroatoms. The summed E-state index contributed by atoms with van der Waals surface area (Å²) in [5.74, 6) is 3.26. The molecule has 0 fully saturated rings. The molecule has 0 aliphatic heterocycles. The predicted molar refractivity (Wildman–Crippen MR) is 177 cm³/mol. The van der Waals surface area contributed by atoms with E-state index in [4.69, 9.17) is 18.9 Å². The standard InChI is InChI=1S/C36H38O4Si2/c1-3-35(37-29-17-9-5-10-18-29,38-30-19-11-6-12-20-30)41-33-25-27-34(28-26-33)42-36(4-2,39-31-21-13-7-14-22-31)40-32-23-15-8-16-24-32/h5-28H,3-4,41-42H2,1-2H3. The third-order valence-corrected chi connectivity index (χ3v) is 11.6. The Morgan fingerprint density at radius 2 is 0.619 bits per heavy atom. The van der Waals surface area contributed by atoms with Crippen molar-refractivity contribution in [1.82, 2.24) is 0 Å². The van der Waals surface area contributed by atoms with E-state index in [2.05, 4.69) is 38.1 Å². The Morgan fingerprint density at radius 3 is 0.833 bits per heavy atom. The van der Waals surface area contributed by atoms with Crippen LogP contribution in [-0.2, 0) is 0 Å². The molecule has 0 unspecified atom stereocenters. The molecule has 0 N–H and O–H groups in total. The average Bonchev–Trinajstić information content (AvgIpc) is 3.04. The number of ether oxygens (including phenoxy) is 4. The zero-order chi connectivity index (χ0) is 29.1. The molecule has 0 saturated carbocycles.